The number of hydrogen-bond acceptors (Lipinski definition) is 7. The average molecular weight is 515 g/mol. The minimum atomic E-state index is -2.46. The van der Waals surface area contributed by atoms with Gasteiger partial charge in [0.1, 0.15) is 23.0 Å². The van der Waals surface area contributed by atoms with Crippen molar-refractivity contribution in [1.82, 2.24) is 9.97 Å². The highest BCUT2D eigenvalue weighted by Crippen LogP contribution is 2.47. The van der Waals surface area contributed by atoms with E-state index in [0.29, 0.717) is 30.2 Å². The van der Waals surface area contributed by atoms with Crippen molar-refractivity contribution in [1.29, 1.82) is 0 Å². The molecule has 7 nitrogen and oxygen atoms in total. The summed E-state index contributed by atoms with van der Waals surface area (Å²) < 4.78 is 58.5. The standard InChI is InChI=1S/C26H28F2N4O3S/c1-16(2)32-36(3,33)13-17-8-19-11-20(9-17)34-14-26(6-7-26)15-35-23-10-18(27)4-5-21(23)24-22(28)12-29-25(30-19)31-24/h4-5,8-12,16H,6-7,13-15H2,1-3H3,(H,29,30,31). The molecule has 2 aliphatic rings. The van der Waals surface area contributed by atoms with Gasteiger partial charge in [0.2, 0.25) is 5.95 Å². The minimum absolute atomic E-state index is 0.00402. The Balaban J connectivity index is 1.59. The molecule has 3 aromatic rings. The lowest BCUT2D eigenvalue weighted by atomic mass is 10.1. The van der Waals surface area contributed by atoms with Gasteiger partial charge in [0.25, 0.3) is 0 Å². The molecule has 5 rings (SSSR count). The molecule has 1 aromatic heterocycles. The third kappa shape index (κ3) is 5.59. The third-order valence-electron chi connectivity index (χ3n) is 6.07. The number of nitrogens with zero attached hydrogens (tertiary/aromatic N) is 3. The van der Waals surface area contributed by atoms with E-state index in [2.05, 4.69) is 19.6 Å². The lowest BCUT2D eigenvalue weighted by Gasteiger charge is -2.20. The number of benzene rings is 2. The zero-order valence-corrected chi connectivity index (χ0v) is 21.2. The number of nitrogens with one attached hydrogen (secondary N) is 1. The van der Waals surface area contributed by atoms with E-state index in [-0.39, 0.29) is 34.6 Å². The molecule has 36 heavy (non-hydrogen) atoms. The summed E-state index contributed by atoms with van der Waals surface area (Å²) in [6.45, 7) is 4.48. The summed E-state index contributed by atoms with van der Waals surface area (Å²) in [6, 6.07) is 9.39. The van der Waals surface area contributed by atoms with Gasteiger partial charge in [0.05, 0.1) is 31.2 Å². The fourth-order valence-electron chi connectivity index (χ4n) is 4.22. The second kappa shape index (κ2) is 9.31. The molecule has 1 unspecified atom stereocenters. The Morgan fingerprint density at radius 1 is 1.14 bits per heavy atom. The molecule has 4 bridgehead atoms. The molecule has 1 N–H and O–H groups in total. The molecule has 0 saturated heterocycles. The van der Waals surface area contributed by atoms with E-state index in [1.54, 1.807) is 12.3 Å². The van der Waals surface area contributed by atoms with Crippen molar-refractivity contribution in [3.63, 3.8) is 0 Å². The van der Waals surface area contributed by atoms with E-state index in [1.807, 2.05) is 26.0 Å². The Morgan fingerprint density at radius 2 is 1.92 bits per heavy atom. The van der Waals surface area contributed by atoms with Gasteiger partial charge >= 0.3 is 0 Å². The van der Waals surface area contributed by atoms with E-state index in [1.165, 1.54) is 18.2 Å². The van der Waals surface area contributed by atoms with Crippen molar-refractivity contribution in [2.45, 2.75) is 38.5 Å². The van der Waals surface area contributed by atoms with Crippen LogP contribution < -0.4 is 14.8 Å². The fraction of sp³-hybridized carbons (Fsp3) is 0.385. The number of halogens is 2. The van der Waals surface area contributed by atoms with Crippen LogP contribution in [0.15, 0.2) is 47.0 Å². The van der Waals surface area contributed by atoms with Crippen LogP contribution in [0.1, 0.15) is 32.3 Å². The second-order valence-electron chi connectivity index (χ2n) is 9.90. The van der Waals surface area contributed by atoms with Crippen LogP contribution in [0.2, 0.25) is 0 Å². The molecule has 1 spiro atoms. The maximum Gasteiger partial charge on any atom is 0.227 e. The second-order valence-corrected chi connectivity index (χ2v) is 12.3. The van der Waals surface area contributed by atoms with Gasteiger partial charge in [-0.1, -0.05) is 0 Å². The first-order chi connectivity index (χ1) is 17.1. The van der Waals surface area contributed by atoms with Crippen molar-refractivity contribution in [3.05, 3.63) is 59.8 Å². The predicted octanol–water partition coefficient (Wildman–Crippen LogP) is 5.72. The molecular formula is C26H28F2N4O3S. The number of hydrogen-bond donors (Lipinski definition) is 1. The number of aromatic nitrogens is 2. The van der Waals surface area contributed by atoms with Gasteiger partial charge < -0.3 is 14.8 Å². The van der Waals surface area contributed by atoms with Gasteiger partial charge in [-0.15, -0.1) is 0 Å². The molecule has 0 radical (unpaired) electrons. The van der Waals surface area contributed by atoms with Crippen LogP contribution in [0.5, 0.6) is 11.5 Å². The fourth-order valence-corrected chi connectivity index (χ4v) is 5.97. The molecule has 1 aliphatic carbocycles. The summed E-state index contributed by atoms with van der Waals surface area (Å²) in [5.41, 5.74) is 1.51. The number of ether oxygens (including phenoxy) is 2. The van der Waals surface area contributed by atoms with Gasteiger partial charge in [-0.3, -0.25) is 0 Å². The van der Waals surface area contributed by atoms with Crippen LogP contribution in [-0.4, -0.2) is 39.7 Å². The van der Waals surface area contributed by atoms with E-state index in [4.69, 9.17) is 9.47 Å². The molecule has 1 atom stereocenters. The normalized spacial score (nSPS) is 17.6. The first-order valence-electron chi connectivity index (χ1n) is 11.8. The monoisotopic (exact) mass is 514 g/mol. The molecule has 10 heteroatoms. The molecule has 2 aromatic carbocycles. The molecule has 1 saturated carbocycles. The smallest absolute Gasteiger partial charge is 0.227 e. The summed E-state index contributed by atoms with van der Waals surface area (Å²) in [5, 5.41) is 3.10. The molecule has 190 valence electrons. The van der Waals surface area contributed by atoms with Crippen LogP contribution in [0.4, 0.5) is 20.4 Å². The van der Waals surface area contributed by atoms with Crippen LogP contribution in [0, 0.1) is 17.0 Å². The Kier molecular flexibility index (Phi) is 6.32. The largest absolute Gasteiger partial charge is 0.493 e. The summed E-state index contributed by atoms with van der Waals surface area (Å²) in [5.74, 6) is 0.0672. The van der Waals surface area contributed by atoms with E-state index in [0.717, 1.165) is 24.6 Å². The summed E-state index contributed by atoms with van der Waals surface area (Å²) in [6.07, 6.45) is 4.49. The third-order valence-corrected chi connectivity index (χ3v) is 7.81. The van der Waals surface area contributed by atoms with Gasteiger partial charge in [-0.25, -0.2) is 27.3 Å². The van der Waals surface area contributed by atoms with Crippen LogP contribution in [-0.2, 0) is 15.5 Å². The zero-order chi connectivity index (χ0) is 25.5. The summed E-state index contributed by atoms with van der Waals surface area (Å²) in [4.78, 5) is 8.44. The molecule has 1 aliphatic heterocycles. The SMILES string of the molecule is CC(C)N=S(C)(=O)Cc1cc2cc(c1)OCC1(CC1)COc1cc(F)ccc1-c1nc(ncc1F)N2. The number of anilines is 2. The predicted molar refractivity (Wildman–Crippen MR) is 135 cm³/mol. The van der Waals surface area contributed by atoms with Crippen molar-refractivity contribution in [3.8, 4) is 22.8 Å². The minimum Gasteiger partial charge on any atom is -0.493 e. The molecule has 2 heterocycles. The Bertz CT molecular complexity index is 1430. The van der Waals surface area contributed by atoms with Crippen LogP contribution in [0.25, 0.3) is 11.3 Å². The highest BCUT2D eigenvalue weighted by Gasteiger charge is 2.45. The highest BCUT2D eigenvalue weighted by molar-refractivity contribution is 7.92. The highest BCUT2D eigenvalue weighted by atomic mass is 32.2. The average Bonchev–Trinajstić information content (AvgIpc) is 3.56. The Labute approximate surface area is 209 Å². The Hall–Kier alpha value is -3.27. The number of fused-ring (bicyclic) bond motifs is 6. The van der Waals surface area contributed by atoms with Gasteiger partial charge in [0.15, 0.2) is 5.82 Å². The summed E-state index contributed by atoms with van der Waals surface area (Å²) >= 11 is 0. The maximum atomic E-state index is 14.8. The van der Waals surface area contributed by atoms with E-state index < -0.39 is 21.4 Å². The van der Waals surface area contributed by atoms with E-state index in [9.17, 15) is 13.0 Å². The van der Waals surface area contributed by atoms with Gasteiger partial charge in [-0.05, 0) is 56.5 Å². The van der Waals surface area contributed by atoms with E-state index >= 15 is 0 Å². The first kappa shape index (κ1) is 24.4. The maximum absolute atomic E-state index is 14.8. The number of rotatable bonds is 3. The lowest BCUT2D eigenvalue weighted by Crippen LogP contribution is -2.21. The van der Waals surface area contributed by atoms with Crippen molar-refractivity contribution in [2.24, 2.45) is 9.78 Å². The zero-order valence-electron chi connectivity index (χ0n) is 20.4. The van der Waals surface area contributed by atoms with Crippen LogP contribution in [0.3, 0.4) is 0 Å². The van der Waals surface area contributed by atoms with Crippen molar-refractivity contribution in [2.75, 3.05) is 24.8 Å². The Morgan fingerprint density at radius 3 is 2.67 bits per heavy atom. The van der Waals surface area contributed by atoms with Crippen molar-refractivity contribution < 1.29 is 22.5 Å². The molecular weight excluding hydrogens is 486 g/mol. The van der Waals surface area contributed by atoms with Gasteiger partial charge in [-0.2, -0.15) is 0 Å². The molecule has 0 amide bonds. The quantitative estimate of drug-likeness (QED) is 0.481. The molecule has 1 fully saturated rings. The van der Waals surface area contributed by atoms with Crippen molar-refractivity contribution >= 4 is 21.4 Å². The summed E-state index contributed by atoms with van der Waals surface area (Å²) in [7, 11) is -2.46. The van der Waals surface area contributed by atoms with Crippen LogP contribution >= 0.6 is 0 Å². The van der Waals surface area contributed by atoms with Gasteiger partial charge in [0, 0.05) is 44.8 Å². The first-order valence-corrected chi connectivity index (χ1v) is 13.9. The topological polar surface area (TPSA) is 85.7 Å². The lowest BCUT2D eigenvalue weighted by molar-refractivity contribution is 0.160.